The van der Waals surface area contributed by atoms with Crippen molar-refractivity contribution in [2.45, 2.75) is 63.6 Å². The van der Waals surface area contributed by atoms with Gasteiger partial charge in [0.25, 0.3) is 11.5 Å². The largest absolute Gasteiger partial charge is 0.494 e. The lowest BCUT2D eigenvalue weighted by Gasteiger charge is -2.25. The number of aromatic hydroxyl groups is 1. The molecule has 174 valence electrons. The van der Waals surface area contributed by atoms with Gasteiger partial charge in [0.05, 0.1) is 24.4 Å². The summed E-state index contributed by atoms with van der Waals surface area (Å²) in [5, 5.41) is 15.5. The second kappa shape index (κ2) is 6.93. The van der Waals surface area contributed by atoms with E-state index in [-0.39, 0.29) is 29.4 Å². The van der Waals surface area contributed by atoms with E-state index in [4.69, 9.17) is 10.5 Å². The van der Waals surface area contributed by atoms with Gasteiger partial charge in [0.2, 0.25) is 11.8 Å². The summed E-state index contributed by atoms with van der Waals surface area (Å²) in [6, 6.07) is 0.106. The fraction of sp³-hybridized carbons (Fsp3) is 0.565. The number of primary amides is 1. The van der Waals surface area contributed by atoms with E-state index in [0.29, 0.717) is 36.6 Å². The number of carbonyl (C=O) groups is 2. The molecule has 2 atom stereocenters. The van der Waals surface area contributed by atoms with Crippen molar-refractivity contribution in [2.24, 2.45) is 11.1 Å². The number of aromatic nitrogens is 3. The van der Waals surface area contributed by atoms with Crippen LogP contribution >= 0.6 is 0 Å². The van der Waals surface area contributed by atoms with Crippen LogP contribution in [0.4, 0.5) is 0 Å². The SMILES string of the molecule is CC1(Cn2c(O)c(C(N)=O)c(=O)n3nc(C4CC4)c(/C=C/C(=O)N4C[C@@H]5C[C@H]4CO5)c23)CC1. The fourth-order valence-corrected chi connectivity index (χ4v) is 5.13. The Morgan fingerprint density at radius 3 is 2.67 bits per heavy atom. The van der Waals surface area contributed by atoms with Gasteiger partial charge in [0, 0.05) is 30.6 Å². The van der Waals surface area contributed by atoms with E-state index in [9.17, 15) is 19.5 Å². The number of morpholine rings is 1. The minimum atomic E-state index is -0.990. The number of rotatable bonds is 6. The third-order valence-electron chi connectivity index (χ3n) is 7.50. The van der Waals surface area contributed by atoms with Gasteiger partial charge in [-0.15, -0.1) is 0 Å². The summed E-state index contributed by atoms with van der Waals surface area (Å²) in [5.41, 5.74) is 5.94. The summed E-state index contributed by atoms with van der Waals surface area (Å²) in [7, 11) is 0. The van der Waals surface area contributed by atoms with Gasteiger partial charge in [-0.05, 0) is 43.6 Å². The molecule has 3 N–H and O–H groups in total. The zero-order valence-corrected chi connectivity index (χ0v) is 18.5. The van der Waals surface area contributed by atoms with Crippen LogP contribution in [0, 0.1) is 5.41 Å². The van der Waals surface area contributed by atoms with Crippen LogP contribution < -0.4 is 11.3 Å². The first-order valence-electron chi connectivity index (χ1n) is 11.5. The molecule has 4 fully saturated rings. The van der Waals surface area contributed by atoms with Crippen LogP contribution in [0.5, 0.6) is 5.88 Å². The highest BCUT2D eigenvalue weighted by molar-refractivity contribution is 5.96. The minimum Gasteiger partial charge on any atom is -0.494 e. The molecule has 0 aromatic carbocycles. The van der Waals surface area contributed by atoms with Crippen molar-refractivity contribution < 1.29 is 19.4 Å². The Kier molecular flexibility index (Phi) is 4.30. The second-order valence-electron chi connectivity index (χ2n) is 10.2. The third kappa shape index (κ3) is 3.26. The maximum absolute atomic E-state index is 13.1. The van der Waals surface area contributed by atoms with Crippen LogP contribution in [0.2, 0.25) is 0 Å². The Balaban J connectivity index is 1.50. The number of likely N-dealkylation sites (tertiary alicyclic amines) is 1. The molecule has 4 aliphatic rings. The summed E-state index contributed by atoms with van der Waals surface area (Å²) in [6.07, 6.45) is 8.04. The first-order valence-corrected chi connectivity index (χ1v) is 11.5. The first-order chi connectivity index (χ1) is 15.8. The van der Waals surface area contributed by atoms with Crippen molar-refractivity contribution in [3.8, 4) is 5.88 Å². The van der Waals surface area contributed by atoms with Crippen LogP contribution in [-0.2, 0) is 16.1 Å². The number of amides is 2. The smallest absolute Gasteiger partial charge is 0.291 e. The molecule has 2 amide bonds. The number of fused-ring (bicyclic) bond motifs is 3. The number of ether oxygens (including phenoxy) is 1. The van der Waals surface area contributed by atoms with E-state index in [1.165, 1.54) is 10.6 Å². The molecule has 2 aliphatic heterocycles. The van der Waals surface area contributed by atoms with Crippen molar-refractivity contribution in [3.63, 3.8) is 0 Å². The molecule has 0 unspecified atom stereocenters. The van der Waals surface area contributed by atoms with E-state index < -0.39 is 22.9 Å². The average molecular weight is 453 g/mol. The van der Waals surface area contributed by atoms with E-state index >= 15 is 0 Å². The maximum Gasteiger partial charge on any atom is 0.291 e. The molecule has 2 aromatic rings. The van der Waals surface area contributed by atoms with E-state index in [2.05, 4.69) is 12.0 Å². The minimum absolute atomic E-state index is 0.0441. The third-order valence-corrected chi connectivity index (χ3v) is 7.50. The van der Waals surface area contributed by atoms with Gasteiger partial charge in [-0.25, -0.2) is 0 Å². The first kappa shape index (κ1) is 20.5. The molecular formula is C23H27N5O5. The Hall–Kier alpha value is -3.14. The molecule has 6 rings (SSSR count). The lowest BCUT2D eigenvalue weighted by Crippen LogP contribution is -2.40. The summed E-state index contributed by atoms with van der Waals surface area (Å²) < 4.78 is 8.34. The standard InChI is InChI=1S/C23H27N5O5/c1-23(6-7-23)11-27-20-15(4-5-16(29)26-9-14-8-13(26)10-33-14)18(12-2-3-12)25-28(20)22(32)17(19(24)30)21(27)31/h4-5,12-14,31H,2-3,6-11H2,1H3,(H2,24,30)/b5-4+/t13-,14-/m0/s1. The van der Waals surface area contributed by atoms with Gasteiger partial charge >= 0.3 is 0 Å². The molecule has 33 heavy (non-hydrogen) atoms. The number of hydrogen-bond donors (Lipinski definition) is 2. The topological polar surface area (TPSA) is 132 Å². The van der Waals surface area contributed by atoms with Crippen LogP contribution in [0.1, 0.15) is 66.6 Å². The lowest BCUT2D eigenvalue weighted by molar-refractivity contribution is -0.130. The van der Waals surface area contributed by atoms with E-state index in [1.807, 2.05) is 4.90 Å². The summed E-state index contributed by atoms with van der Waals surface area (Å²) in [6.45, 7) is 3.66. The monoisotopic (exact) mass is 453 g/mol. The highest BCUT2D eigenvalue weighted by Crippen LogP contribution is 2.48. The summed E-state index contributed by atoms with van der Waals surface area (Å²) >= 11 is 0. The molecule has 2 bridgehead atoms. The van der Waals surface area contributed by atoms with Crippen molar-refractivity contribution in [1.29, 1.82) is 0 Å². The molecule has 0 radical (unpaired) electrons. The average Bonchev–Trinajstić information content (AvgIpc) is 3.61. The van der Waals surface area contributed by atoms with E-state index in [1.54, 1.807) is 10.6 Å². The second-order valence-corrected chi connectivity index (χ2v) is 10.2. The van der Waals surface area contributed by atoms with Crippen LogP contribution in [0.3, 0.4) is 0 Å². The number of nitrogens with two attached hydrogens (primary N) is 1. The quantitative estimate of drug-likeness (QED) is 0.627. The molecule has 4 heterocycles. The van der Waals surface area contributed by atoms with E-state index in [0.717, 1.165) is 32.1 Å². The van der Waals surface area contributed by atoms with Gasteiger partial charge in [-0.1, -0.05) is 6.92 Å². The maximum atomic E-state index is 13.1. The Morgan fingerprint density at radius 1 is 1.33 bits per heavy atom. The van der Waals surface area contributed by atoms with Gasteiger partial charge in [0.15, 0.2) is 5.56 Å². The van der Waals surface area contributed by atoms with Crippen molar-refractivity contribution >= 4 is 23.5 Å². The van der Waals surface area contributed by atoms with Crippen molar-refractivity contribution in [3.05, 3.63) is 33.3 Å². The Labute approximate surface area is 189 Å². The Bertz CT molecular complexity index is 1280. The molecule has 10 heteroatoms. The van der Waals surface area contributed by atoms with Gasteiger partial charge in [-0.3, -0.25) is 19.0 Å². The highest BCUT2D eigenvalue weighted by Gasteiger charge is 2.42. The normalized spacial score (nSPS) is 25.4. The number of carbonyl (C=O) groups excluding carboxylic acids is 2. The Morgan fingerprint density at radius 2 is 2.09 bits per heavy atom. The zero-order valence-electron chi connectivity index (χ0n) is 18.5. The lowest BCUT2D eigenvalue weighted by atomic mass is 10.1. The molecule has 0 spiro atoms. The molecule has 10 nitrogen and oxygen atoms in total. The van der Waals surface area contributed by atoms with Crippen LogP contribution in [0.15, 0.2) is 10.9 Å². The van der Waals surface area contributed by atoms with Gasteiger partial charge in [-0.2, -0.15) is 9.61 Å². The van der Waals surface area contributed by atoms with Crippen molar-refractivity contribution in [2.75, 3.05) is 13.2 Å². The number of nitrogens with zero attached hydrogens (tertiary/aromatic N) is 4. The van der Waals surface area contributed by atoms with Crippen LogP contribution in [-0.4, -0.2) is 61.3 Å². The summed E-state index contributed by atoms with van der Waals surface area (Å²) in [4.78, 5) is 39.9. The predicted molar refractivity (Wildman–Crippen MR) is 118 cm³/mol. The number of hydrogen-bond acceptors (Lipinski definition) is 6. The molecule has 2 aliphatic carbocycles. The summed E-state index contributed by atoms with van der Waals surface area (Å²) in [5.74, 6) is -1.35. The zero-order chi connectivity index (χ0) is 23.1. The fourth-order valence-electron chi connectivity index (χ4n) is 5.13. The van der Waals surface area contributed by atoms with Crippen molar-refractivity contribution in [1.82, 2.24) is 19.1 Å². The molecular weight excluding hydrogens is 426 g/mol. The highest BCUT2D eigenvalue weighted by atomic mass is 16.5. The van der Waals surface area contributed by atoms with Gasteiger partial charge in [0.1, 0.15) is 5.65 Å². The molecule has 2 saturated carbocycles. The van der Waals surface area contributed by atoms with Crippen LogP contribution in [0.25, 0.3) is 11.7 Å². The van der Waals surface area contributed by atoms with Gasteiger partial charge < -0.3 is 20.5 Å². The molecule has 2 aromatic heterocycles. The predicted octanol–water partition coefficient (Wildman–Crippen LogP) is 0.991. The molecule has 2 saturated heterocycles.